The molecular formula is C19H23N3O4. The van der Waals surface area contributed by atoms with Crippen molar-refractivity contribution in [1.29, 1.82) is 0 Å². The zero-order chi connectivity index (χ0) is 18.4. The van der Waals surface area contributed by atoms with Crippen molar-refractivity contribution in [2.75, 3.05) is 25.5 Å². The van der Waals surface area contributed by atoms with Crippen molar-refractivity contribution < 1.29 is 18.7 Å². The minimum atomic E-state index is -0.748. The first-order valence-electron chi connectivity index (χ1n) is 8.61. The summed E-state index contributed by atoms with van der Waals surface area (Å²) in [5.41, 5.74) is 0.852. The van der Waals surface area contributed by atoms with Gasteiger partial charge in [0, 0.05) is 19.3 Å². The van der Waals surface area contributed by atoms with Gasteiger partial charge < -0.3 is 25.1 Å². The molecule has 0 bridgehead atoms. The molecule has 7 nitrogen and oxygen atoms in total. The molecule has 138 valence electrons. The third-order valence-electron chi connectivity index (χ3n) is 4.63. The van der Waals surface area contributed by atoms with Crippen LogP contribution in [0.5, 0.6) is 0 Å². The predicted molar refractivity (Wildman–Crippen MR) is 96.8 cm³/mol. The molecule has 1 aromatic carbocycles. The summed E-state index contributed by atoms with van der Waals surface area (Å²) in [7, 11) is 1.58. The van der Waals surface area contributed by atoms with Gasteiger partial charge in [-0.3, -0.25) is 9.59 Å². The number of rotatable bonds is 6. The standard InChI is InChI=1S/C19H23N3O4/c1-25-19(8-10-20-11-9-19)18(24)21-13-14-4-6-15(7-5-14)22-17(23)16-3-2-12-26-16/h2-7,12,20H,8-11,13H2,1H3,(H,21,24)(H,22,23). The number of hydrogen-bond acceptors (Lipinski definition) is 5. The van der Waals surface area contributed by atoms with E-state index in [0.717, 1.165) is 18.7 Å². The molecule has 0 atom stereocenters. The van der Waals surface area contributed by atoms with Crippen LogP contribution in [0, 0.1) is 0 Å². The summed E-state index contributed by atoms with van der Waals surface area (Å²) in [5, 5.41) is 8.94. The van der Waals surface area contributed by atoms with Crippen molar-refractivity contribution in [2.24, 2.45) is 0 Å². The molecule has 0 unspecified atom stereocenters. The summed E-state index contributed by atoms with van der Waals surface area (Å²) in [4.78, 5) is 24.5. The van der Waals surface area contributed by atoms with Gasteiger partial charge in [0.2, 0.25) is 0 Å². The normalized spacial score (nSPS) is 16.0. The number of anilines is 1. The maximum atomic E-state index is 12.5. The van der Waals surface area contributed by atoms with Crippen LogP contribution in [0.1, 0.15) is 29.0 Å². The van der Waals surface area contributed by atoms with Crippen LogP contribution < -0.4 is 16.0 Å². The first-order chi connectivity index (χ1) is 12.6. The van der Waals surface area contributed by atoms with Gasteiger partial charge in [-0.15, -0.1) is 0 Å². The summed E-state index contributed by atoms with van der Waals surface area (Å²) in [6.45, 7) is 1.94. The highest BCUT2D eigenvalue weighted by atomic mass is 16.5. The average Bonchev–Trinajstić information content (AvgIpc) is 3.22. The number of amides is 2. The predicted octanol–water partition coefficient (Wildman–Crippen LogP) is 1.92. The Morgan fingerprint density at radius 2 is 1.92 bits per heavy atom. The Bertz CT molecular complexity index is 735. The molecule has 2 aromatic rings. The third-order valence-corrected chi connectivity index (χ3v) is 4.63. The Balaban J connectivity index is 1.54. The van der Waals surface area contributed by atoms with Gasteiger partial charge >= 0.3 is 0 Å². The van der Waals surface area contributed by atoms with Crippen LogP contribution in [0.15, 0.2) is 47.1 Å². The topological polar surface area (TPSA) is 92.6 Å². The summed E-state index contributed by atoms with van der Waals surface area (Å²) >= 11 is 0. The fourth-order valence-electron chi connectivity index (χ4n) is 3.00. The lowest BCUT2D eigenvalue weighted by Crippen LogP contribution is -2.53. The molecule has 1 aliphatic rings. The smallest absolute Gasteiger partial charge is 0.291 e. The Morgan fingerprint density at radius 1 is 1.19 bits per heavy atom. The number of furan rings is 1. The molecule has 1 aromatic heterocycles. The van der Waals surface area contributed by atoms with Gasteiger partial charge in [0.05, 0.1) is 6.26 Å². The quantitative estimate of drug-likeness (QED) is 0.734. The summed E-state index contributed by atoms with van der Waals surface area (Å²) in [6, 6.07) is 10.6. The SMILES string of the molecule is COC1(C(=O)NCc2ccc(NC(=O)c3ccco3)cc2)CCNCC1. The number of ether oxygens (including phenoxy) is 1. The minimum absolute atomic E-state index is 0.0864. The molecule has 1 fully saturated rings. The third kappa shape index (κ3) is 4.12. The van der Waals surface area contributed by atoms with Crippen molar-refractivity contribution >= 4 is 17.5 Å². The van der Waals surface area contributed by atoms with Gasteiger partial charge in [-0.05, 0) is 55.8 Å². The monoisotopic (exact) mass is 357 g/mol. The van der Waals surface area contributed by atoms with Crippen LogP contribution >= 0.6 is 0 Å². The fraction of sp³-hybridized carbons (Fsp3) is 0.368. The fourth-order valence-corrected chi connectivity index (χ4v) is 3.00. The van der Waals surface area contributed by atoms with Crippen LogP contribution in [0.4, 0.5) is 5.69 Å². The maximum Gasteiger partial charge on any atom is 0.291 e. The molecule has 0 saturated carbocycles. The number of hydrogen-bond donors (Lipinski definition) is 3. The molecule has 7 heteroatoms. The number of carbonyl (C=O) groups is 2. The highest BCUT2D eigenvalue weighted by Crippen LogP contribution is 2.22. The van der Waals surface area contributed by atoms with E-state index in [1.54, 1.807) is 31.4 Å². The lowest BCUT2D eigenvalue weighted by Gasteiger charge is -2.34. The molecule has 0 radical (unpaired) electrons. The number of methoxy groups -OCH3 is 1. The first-order valence-corrected chi connectivity index (χ1v) is 8.61. The highest BCUT2D eigenvalue weighted by molar-refractivity contribution is 6.02. The largest absolute Gasteiger partial charge is 0.459 e. The van der Waals surface area contributed by atoms with Gasteiger partial charge in [0.25, 0.3) is 11.8 Å². The number of nitrogens with one attached hydrogen (secondary N) is 3. The number of piperidine rings is 1. The summed E-state index contributed by atoms with van der Waals surface area (Å²) in [6.07, 6.45) is 2.77. The van der Waals surface area contributed by atoms with E-state index < -0.39 is 5.60 Å². The molecule has 2 heterocycles. The van der Waals surface area contributed by atoms with Crippen molar-refractivity contribution in [3.63, 3.8) is 0 Å². The Morgan fingerprint density at radius 3 is 2.54 bits per heavy atom. The summed E-state index contributed by atoms with van der Waals surface area (Å²) in [5.74, 6) is -0.131. The van der Waals surface area contributed by atoms with E-state index in [1.807, 2.05) is 12.1 Å². The molecule has 1 aliphatic heterocycles. The van der Waals surface area contributed by atoms with Crippen molar-refractivity contribution in [1.82, 2.24) is 10.6 Å². The first kappa shape index (κ1) is 18.2. The highest BCUT2D eigenvalue weighted by Gasteiger charge is 2.39. The van der Waals surface area contributed by atoms with E-state index in [9.17, 15) is 9.59 Å². The van der Waals surface area contributed by atoms with Crippen LogP contribution in [-0.4, -0.2) is 37.6 Å². The Kier molecular flexibility index (Phi) is 5.70. The zero-order valence-electron chi connectivity index (χ0n) is 14.7. The van der Waals surface area contributed by atoms with Crippen LogP contribution in [-0.2, 0) is 16.1 Å². The molecule has 0 spiro atoms. The van der Waals surface area contributed by atoms with Crippen molar-refractivity contribution in [3.8, 4) is 0 Å². The molecule has 2 amide bonds. The van der Waals surface area contributed by atoms with E-state index >= 15 is 0 Å². The second-order valence-corrected chi connectivity index (χ2v) is 6.26. The molecule has 3 N–H and O–H groups in total. The van der Waals surface area contributed by atoms with E-state index in [2.05, 4.69) is 16.0 Å². The van der Waals surface area contributed by atoms with Crippen molar-refractivity contribution in [2.45, 2.75) is 25.0 Å². The second kappa shape index (κ2) is 8.16. The van der Waals surface area contributed by atoms with Gasteiger partial charge in [-0.1, -0.05) is 12.1 Å². The average molecular weight is 357 g/mol. The van der Waals surface area contributed by atoms with Gasteiger partial charge in [0.1, 0.15) is 5.60 Å². The van der Waals surface area contributed by atoms with Gasteiger partial charge in [-0.25, -0.2) is 0 Å². The van der Waals surface area contributed by atoms with Gasteiger partial charge in [0.15, 0.2) is 5.76 Å². The second-order valence-electron chi connectivity index (χ2n) is 6.26. The van der Waals surface area contributed by atoms with E-state index in [4.69, 9.17) is 9.15 Å². The van der Waals surface area contributed by atoms with Crippen molar-refractivity contribution in [3.05, 3.63) is 54.0 Å². The summed E-state index contributed by atoms with van der Waals surface area (Å²) < 4.78 is 10.6. The van der Waals surface area contributed by atoms with Gasteiger partial charge in [-0.2, -0.15) is 0 Å². The van der Waals surface area contributed by atoms with E-state index in [0.29, 0.717) is 25.1 Å². The van der Waals surface area contributed by atoms with Crippen LogP contribution in [0.25, 0.3) is 0 Å². The zero-order valence-corrected chi connectivity index (χ0v) is 14.7. The van der Waals surface area contributed by atoms with Crippen LogP contribution in [0.3, 0.4) is 0 Å². The molecule has 0 aliphatic carbocycles. The lowest BCUT2D eigenvalue weighted by atomic mass is 9.91. The Labute approximate surface area is 152 Å². The number of benzene rings is 1. The number of carbonyl (C=O) groups excluding carboxylic acids is 2. The van der Waals surface area contributed by atoms with E-state index in [-0.39, 0.29) is 17.6 Å². The van der Waals surface area contributed by atoms with E-state index in [1.165, 1.54) is 6.26 Å². The minimum Gasteiger partial charge on any atom is -0.459 e. The molecule has 1 saturated heterocycles. The van der Waals surface area contributed by atoms with Crippen LogP contribution in [0.2, 0.25) is 0 Å². The molecule has 26 heavy (non-hydrogen) atoms. The molecule has 3 rings (SSSR count). The maximum absolute atomic E-state index is 12.5. The Hall–Kier alpha value is -2.64. The lowest BCUT2D eigenvalue weighted by molar-refractivity contribution is -0.146. The molecular weight excluding hydrogens is 334 g/mol.